The van der Waals surface area contributed by atoms with E-state index in [2.05, 4.69) is 20.8 Å². The van der Waals surface area contributed by atoms with Crippen LogP contribution in [0.2, 0.25) is 0 Å². The third-order valence-corrected chi connectivity index (χ3v) is 5.64. The third kappa shape index (κ3) is 3.40. The smallest absolute Gasteiger partial charge is 0.303 e. The first-order chi connectivity index (χ1) is 11.0. The Bertz CT molecular complexity index is 589. The molecule has 0 aromatic heterocycles. The molecule has 0 radical (unpaired) electrons. The highest BCUT2D eigenvalue weighted by Gasteiger charge is 2.57. The number of carbonyl (C=O) groups excluding carboxylic acids is 3. The molecular formula is C19H28O5. The van der Waals surface area contributed by atoms with Crippen molar-refractivity contribution in [2.45, 2.75) is 73.0 Å². The lowest BCUT2D eigenvalue weighted by molar-refractivity contribution is -0.178. The minimum Gasteiger partial charge on any atom is -0.463 e. The van der Waals surface area contributed by atoms with Gasteiger partial charge in [-0.25, -0.2) is 0 Å². The minimum atomic E-state index is -0.594. The molecule has 24 heavy (non-hydrogen) atoms. The Kier molecular flexibility index (Phi) is 4.93. The molecule has 1 saturated carbocycles. The monoisotopic (exact) mass is 336 g/mol. The van der Waals surface area contributed by atoms with E-state index in [4.69, 9.17) is 9.47 Å². The van der Waals surface area contributed by atoms with Gasteiger partial charge < -0.3 is 9.47 Å². The van der Waals surface area contributed by atoms with Crippen molar-refractivity contribution in [3.05, 3.63) is 11.6 Å². The molecule has 0 heterocycles. The number of hydrogen-bond acceptors (Lipinski definition) is 5. The summed E-state index contributed by atoms with van der Waals surface area (Å²) in [6.45, 7) is 10.6. The zero-order valence-corrected chi connectivity index (χ0v) is 15.5. The number of fused-ring (bicyclic) bond motifs is 1. The lowest BCUT2D eigenvalue weighted by Crippen LogP contribution is -2.56. The summed E-state index contributed by atoms with van der Waals surface area (Å²) in [5.74, 6) is -0.543. The van der Waals surface area contributed by atoms with E-state index in [1.54, 1.807) is 0 Å². The normalized spacial score (nSPS) is 34.6. The van der Waals surface area contributed by atoms with Crippen LogP contribution in [0.3, 0.4) is 0 Å². The molecule has 4 atom stereocenters. The minimum absolute atomic E-state index is 0.0756. The van der Waals surface area contributed by atoms with Crippen LogP contribution in [0.15, 0.2) is 11.6 Å². The van der Waals surface area contributed by atoms with Gasteiger partial charge in [0.25, 0.3) is 0 Å². The Morgan fingerprint density at radius 3 is 2.08 bits per heavy atom. The van der Waals surface area contributed by atoms with Gasteiger partial charge in [-0.1, -0.05) is 26.8 Å². The molecule has 2 aliphatic rings. The van der Waals surface area contributed by atoms with E-state index in [1.807, 2.05) is 6.08 Å². The predicted molar refractivity (Wildman–Crippen MR) is 89.1 cm³/mol. The van der Waals surface area contributed by atoms with Crippen LogP contribution in [0.5, 0.6) is 0 Å². The van der Waals surface area contributed by atoms with Crippen molar-refractivity contribution >= 4 is 17.7 Å². The largest absolute Gasteiger partial charge is 0.463 e. The van der Waals surface area contributed by atoms with Crippen LogP contribution in [-0.2, 0) is 23.9 Å². The van der Waals surface area contributed by atoms with Crippen LogP contribution in [0.1, 0.15) is 60.8 Å². The summed E-state index contributed by atoms with van der Waals surface area (Å²) >= 11 is 0. The average molecular weight is 336 g/mol. The van der Waals surface area contributed by atoms with Crippen molar-refractivity contribution < 1.29 is 23.9 Å². The highest BCUT2D eigenvalue weighted by atomic mass is 16.5. The van der Waals surface area contributed by atoms with E-state index < -0.39 is 17.5 Å². The molecule has 2 rings (SSSR count). The second kappa shape index (κ2) is 6.34. The van der Waals surface area contributed by atoms with Gasteiger partial charge in [0.1, 0.15) is 12.2 Å². The van der Waals surface area contributed by atoms with E-state index in [1.165, 1.54) is 20.8 Å². The zero-order chi connectivity index (χ0) is 18.3. The van der Waals surface area contributed by atoms with E-state index >= 15 is 0 Å². The fraction of sp³-hybridized carbons (Fsp3) is 0.737. The van der Waals surface area contributed by atoms with E-state index in [9.17, 15) is 14.4 Å². The van der Waals surface area contributed by atoms with Crippen molar-refractivity contribution in [3.63, 3.8) is 0 Å². The summed E-state index contributed by atoms with van der Waals surface area (Å²) in [6, 6.07) is 0. The van der Waals surface area contributed by atoms with Crippen LogP contribution < -0.4 is 0 Å². The summed E-state index contributed by atoms with van der Waals surface area (Å²) in [6.07, 6.45) is 3.22. The molecule has 2 aliphatic carbocycles. The molecule has 0 aromatic carbocycles. The zero-order valence-electron chi connectivity index (χ0n) is 15.5. The number of carbonyl (C=O) groups is 3. The van der Waals surface area contributed by atoms with Crippen LogP contribution in [0.25, 0.3) is 0 Å². The fourth-order valence-electron chi connectivity index (χ4n) is 4.92. The second-order valence-corrected chi connectivity index (χ2v) is 8.13. The SMILES string of the molecule is CC(=O)O[C@H]1CC(C)(C)[C@@H]2CC=C(C(C)=O)[C@H](OC(C)=O)[C@@]2(C)C1. The lowest BCUT2D eigenvalue weighted by atomic mass is 9.50. The Morgan fingerprint density at radius 2 is 1.58 bits per heavy atom. The van der Waals surface area contributed by atoms with E-state index in [0.717, 1.165) is 12.8 Å². The first kappa shape index (κ1) is 18.7. The van der Waals surface area contributed by atoms with Crippen molar-refractivity contribution in [1.82, 2.24) is 0 Å². The van der Waals surface area contributed by atoms with Crippen molar-refractivity contribution in [2.24, 2.45) is 16.7 Å². The highest BCUT2D eigenvalue weighted by molar-refractivity contribution is 5.95. The average Bonchev–Trinajstić information content (AvgIpc) is 2.37. The number of hydrogen-bond donors (Lipinski definition) is 0. The molecule has 0 amide bonds. The Balaban J connectivity index is 2.47. The summed E-state index contributed by atoms with van der Waals surface area (Å²) in [5.41, 5.74) is 0.0244. The molecule has 0 aromatic rings. The quantitative estimate of drug-likeness (QED) is 0.740. The number of allylic oxidation sites excluding steroid dienone is 1. The standard InChI is InChI=1S/C19H28O5/c1-11(20)15-7-8-16-18(4,5)9-14(23-12(2)21)10-19(16,6)17(15)24-13(3)22/h7,14,16-17H,8-10H2,1-6H3/t14-,16-,17-,19-/m0/s1. The molecule has 0 N–H and O–H groups in total. The summed E-state index contributed by atoms with van der Waals surface area (Å²) < 4.78 is 11.1. The Labute approximate surface area is 143 Å². The number of esters is 2. The number of ether oxygens (including phenoxy) is 2. The lowest BCUT2D eigenvalue weighted by Gasteiger charge is -2.57. The predicted octanol–water partition coefficient (Wildman–Crippen LogP) is 3.21. The molecular weight excluding hydrogens is 308 g/mol. The van der Waals surface area contributed by atoms with E-state index in [-0.39, 0.29) is 29.2 Å². The van der Waals surface area contributed by atoms with Gasteiger partial charge in [0.2, 0.25) is 0 Å². The van der Waals surface area contributed by atoms with Gasteiger partial charge in [0.05, 0.1) is 0 Å². The van der Waals surface area contributed by atoms with Crippen LogP contribution in [-0.4, -0.2) is 29.9 Å². The van der Waals surface area contributed by atoms with Gasteiger partial charge >= 0.3 is 11.9 Å². The maximum Gasteiger partial charge on any atom is 0.303 e. The van der Waals surface area contributed by atoms with Crippen molar-refractivity contribution in [1.29, 1.82) is 0 Å². The molecule has 5 nitrogen and oxygen atoms in total. The van der Waals surface area contributed by atoms with Crippen LogP contribution in [0, 0.1) is 16.7 Å². The van der Waals surface area contributed by atoms with Gasteiger partial charge in [0, 0.05) is 24.8 Å². The Hall–Kier alpha value is -1.65. The molecule has 1 fully saturated rings. The van der Waals surface area contributed by atoms with Crippen LogP contribution in [0.4, 0.5) is 0 Å². The first-order valence-electron chi connectivity index (χ1n) is 8.53. The van der Waals surface area contributed by atoms with E-state index in [0.29, 0.717) is 12.0 Å². The number of Topliss-reactive ketones (excluding diaryl/α,β-unsaturated/α-hetero) is 1. The molecule has 0 bridgehead atoms. The van der Waals surface area contributed by atoms with Gasteiger partial charge in [-0.05, 0) is 37.5 Å². The molecule has 134 valence electrons. The molecule has 0 aliphatic heterocycles. The van der Waals surface area contributed by atoms with Gasteiger partial charge in [0.15, 0.2) is 5.78 Å². The van der Waals surface area contributed by atoms with Crippen molar-refractivity contribution in [2.75, 3.05) is 0 Å². The Morgan fingerprint density at radius 1 is 1.00 bits per heavy atom. The topological polar surface area (TPSA) is 69.7 Å². The molecule has 0 saturated heterocycles. The maximum absolute atomic E-state index is 12.1. The molecule has 0 spiro atoms. The van der Waals surface area contributed by atoms with Gasteiger partial charge in [-0.15, -0.1) is 0 Å². The molecule has 0 unspecified atom stereocenters. The third-order valence-electron chi connectivity index (χ3n) is 5.64. The van der Waals surface area contributed by atoms with Gasteiger partial charge in [-0.3, -0.25) is 14.4 Å². The second-order valence-electron chi connectivity index (χ2n) is 8.13. The summed E-state index contributed by atoms with van der Waals surface area (Å²) in [5, 5.41) is 0. The number of rotatable bonds is 3. The maximum atomic E-state index is 12.1. The highest BCUT2D eigenvalue weighted by Crippen LogP contribution is 2.58. The number of ketones is 1. The summed E-state index contributed by atoms with van der Waals surface area (Å²) in [4.78, 5) is 35.2. The van der Waals surface area contributed by atoms with Crippen molar-refractivity contribution in [3.8, 4) is 0 Å². The molecule has 5 heteroatoms. The van der Waals surface area contributed by atoms with Crippen LogP contribution >= 0.6 is 0 Å². The summed E-state index contributed by atoms with van der Waals surface area (Å²) in [7, 11) is 0. The van der Waals surface area contributed by atoms with Gasteiger partial charge in [-0.2, -0.15) is 0 Å². The first-order valence-corrected chi connectivity index (χ1v) is 8.53. The fourth-order valence-corrected chi connectivity index (χ4v) is 4.92.